The lowest BCUT2D eigenvalue weighted by molar-refractivity contribution is 0.431. The van der Waals surface area contributed by atoms with Gasteiger partial charge in [0.05, 0.1) is 11.4 Å². The Labute approximate surface area is 105 Å². The zero-order chi connectivity index (χ0) is 12.1. The molecule has 2 aromatic rings. The zero-order valence-electron chi connectivity index (χ0n) is 9.86. The van der Waals surface area contributed by atoms with Gasteiger partial charge in [-0.2, -0.15) is 0 Å². The van der Waals surface area contributed by atoms with Crippen LogP contribution < -0.4 is 0 Å². The van der Waals surface area contributed by atoms with E-state index in [1.807, 2.05) is 44.2 Å². The van der Waals surface area contributed by atoms with Crippen molar-refractivity contribution in [2.75, 3.05) is 5.75 Å². The zero-order valence-corrected chi connectivity index (χ0v) is 10.7. The molecule has 0 saturated heterocycles. The Kier molecular flexibility index (Phi) is 3.89. The number of hydrogen-bond acceptors (Lipinski definition) is 3. The molecule has 0 saturated carbocycles. The van der Waals surface area contributed by atoms with Gasteiger partial charge in [-0.3, -0.25) is 0 Å². The molecule has 3 heteroatoms. The van der Waals surface area contributed by atoms with E-state index in [2.05, 4.69) is 16.8 Å². The average molecular weight is 243 g/mol. The fraction of sp³-hybridized carbons (Fsp3) is 0.214. The molecule has 0 fully saturated rings. The van der Waals surface area contributed by atoms with Gasteiger partial charge < -0.3 is 4.42 Å². The highest BCUT2D eigenvalue weighted by molar-refractivity contribution is 7.99. The van der Waals surface area contributed by atoms with E-state index in [0.29, 0.717) is 11.0 Å². The van der Waals surface area contributed by atoms with Crippen LogP contribution in [-0.4, -0.2) is 10.7 Å². The first kappa shape index (κ1) is 11.8. The third-order valence-corrected chi connectivity index (χ3v) is 2.99. The molecule has 0 unspecified atom stereocenters. The number of rotatable bonds is 2. The molecule has 0 atom stereocenters. The Morgan fingerprint density at radius 2 is 2.00 bits per heavy atom. The minimum atomic E-state index is 0.689. The summed E-state index contributed by atoms with van der Waals surface area (Å²) in [5.74, 6) is 7.75. The highest BCUT2D eigenvalue weighted by atomic mass is 32.2. The van der Waals surface area contributed by atoms with Crippen LogP contribution >= 0.6 is 11.8 Å². The van der Waals surface area contributed by atoms with Crippen LogP contribution in [0, 0.1) is 25.7 Å². The summed E-state index contributed by atoms with van der Waals surface area (Å²) in [6.45, 7) is 3.86. The van der Waals surface area contributed by atoms with E-state index < -0.39 is 0 Å². The summed E-state index contributed by atoms with van der Waals surface area (Å²) < 4.78 is 5.45. The molecule has 1 aromatic carbocycles. The summed E-state index contributed by atoms with van der Waals surface area (Å²) in [6, 6.07) is 9.95. The molecule has 2 nitrogen and oxygen atoms in total. The molecule has 17 heavy (non-hydrogen) atoms. The lowest BCUT2D eigenvalue weighted by Gasteiger charge is -1.88. The number of nitrogens with zero attached hydrogens (tertiary/aromatic N) is 1. The van der Waals surface area contributed by atoms with Crippen LogP contribution in [0.4, 0.5) is 0 Å². The molecule has 86 valence electrons. The Morgan fingerprint density at radius 3 is 2.65 bits per heavy atom. The second kappa shape index (κ2) is 5.60. The van der Waals surface area contributed by atoms with Crippen LogP contribution in [0.5, 0.6) is 0 Å². The number of aromatic nitrogens is 1. The molecule has 0 radical (unpaired) electrons. The van der Waals surface area contributed by atoms with Gasteiger partial charge in [-0.1, -0.05) is 41.8 Å². The van der Waals surface area contributed by atoms with E-state index in [1.54, 1.807) is 0 Å². The van der Waals surface area contributed by atoms with Crippen LogP contribution in [0.3, 0.4) is 0 Å². The second-order valence-corrected chi connectivity index (χ2v) is 4.50. The van der Waals surface area contributed by atoms with Crippen LogP contribution in [0.15, 0.2) is 40.0 Å². The maximum Gasteiger partial charge on any atom is 0.256 e. The number of oxazole rings is 1. The third-order valence-electron chi connectivity index (χ3n) is 2.28. The second-order valence-electron chi connectivity index (χ2n) is 3.58. The van der Waals surface area contributed by atoms with E-state index >= 15 is 0 Å². The van der Waals surface area contributed by atoms with E-state index in [4.69, 9.17) is 4.42 Å². The Balaban J connectivity index is 1.90. The summed E-state index contributed by atoms with van der Waals surface area (Å²) >= 11 is 1.52. The van der Waals surface area contributed by atoms with Gasteiger partial charge in [-0.05, 0) is 26.0 Å². The molecule has 2 rings (SSSR count). The van der Waals surface area contributed by atoms with Gasteiger partial charge in [0.25, 0.3) is 5.22 Å². The fourth-order valence-corrected chi connectivity index (χ4v) is 1.92. The van der Waals surface area contributed by atoms with E-state index in [9.17, 15) is 0 Å². The Bertz CT molecular complexity index is 529. The molecule has 0 bridgehead atoms. The highest BCUT2D eigenvalue weighted by Gasteiger charge is 2.04. The smallest absolute Gasteiger partial charge is 0.256 e. The van der Waals surface area contributed by atoms with E-state index in [-0.39, 0.29) is 0 Å². The Morgan fingerprint density at radius 1 is 1.24 bits per heavy atom. The molecular formula is C14H13NOS. The van der Waals surface area contributed by atoms with Crippen molar-refractivity contribution in [2.24, 2.45) is 0 Å². The predicted molar refractivity (Wildman–Crippen MR) is 70.0 cm³/mol. The molecule has 0 aliphatic carbocycles. The van der Waals surface area contributed by atoms with Gasteiger partial charge in [-0.25, -0.2) is 4.98 Å². The minimum Gasteiger partial charge on any atom is -0.437 e. The number of aryl methyl sites for hydroxylation is 2. The van der Waals surface area contributed by atoms with Crippen molar-refractivity contribution in [1.82, 2.24) is 4.98 Å². The molecule has 0 spiro atoms. The fourth-order valence-electron chi connectivity index (χ4n) is 1.26. The number of hydrogen-bond donors (Lipinski definition) is 0. The third kappa shape index (κ3) is 3.40. The van der Waals surface area contributed by atoms with Gasteiger partial charge >= 0.3 is 0 Å². The summed E-state index contributed by atoms with van der Waals surface area (Å²) in [4.78, 5) is 4.28. The normalized spacial score (nSPS) is 9.76. The molecule has 0 N–H and O–H groups in total. The maximum atomic E-state index is 5.45. The van der Waals surface area contributed by atoms with Crippen LogP contribution in [-0.2, 0) is 0 Å². The maximum absolute atomic E-state index is 5.45. The van der Waals surface area contributed by atoms with Gasteiger partial charge in [0.15, 0.2) is 0 Å². The first-order valence-corrected chi connectivity index (χ1v) is 6.35. The minimum absolute atomic E-state index is 0.689. The van der Waals surface area contributed by atoms with Crippen LogP contribution in [0.25, 0.3) is 0 Å². The molecule has 0 aliphatic heterocycles. The van der Waals surface area contributed by atoms with Gasteiger partial charge in [-0.15, -0.1) is 0 Å². The summed E-state index contributed by atoms with van der Waals surface area (Å²) in [5.41, 5.74) is 1.98. The van der Waals surface area contributed by atoms with E-state index in [1.165, 1.54) is 11.8 Å². The largest absolute Gasteiger partial charge is 0.437 e. The van der Waals surface area contributed by atoms with Crippen molar-refractivity contribution < 1.29 is 4.42 Å². The van der Waals surface area contributed by atoms with Crippen molar-refractivity contribution in [3.8, 4) is 11.8 Å². The lowest BCUT2D eigenvalue weighted by Crippen LogP contribution is -1.76. The van der Waals surface area contributed by atoms with Crippen molar-refractivity contribution >= 4 is 11.8 Å². The standard InChI is InChI=1S/C14H13NOS/c1-11-12(2)16-14(15-11)17-10-6-9-13-7-4-3-5-8-13/h3-5,7-8H,10H2,1-2H3. The molecule has 1 heterocycles. The van der Waals surface area contributed by atoms with Crippen molar-refractivity contribution in [1.29, 1.82) is 0 Å². The van der Waals surface area contributed by atoms with E-state index in [0.717, 1.165) is 17.0 Å². The summed E-state index contributed by atoms with van der Waals surface area (Å²) in [7, 11) is 0. The summed E-state index contributed by atoms with van der Waals surface area (Å²) in [5, 5.41) is 0.697. The first-order valence-electron chi connectivity index (χ1n) is 5.36. The first-order chi connectivity index (χ1) is 8.25. The van der Waals surface area contributed by atoms with Gasteiger partial charge in [0.2, 0.25) is 0 Å². The highest BCUT2D eigenvalue weighted by Crippen LogP contribution is 2.19. The van der Waals surface area contributed by atoms with Crippen LogP contribution in [0.2, 0.25) is 0 Å². The van der Waals surface area contributed by atoms with Gasteiger partial charge in [0.1, 0.15) is 5.76 Å². The topological polar surface area (TPSA) is 26.0 Å². The van der Waals surface area contributed by atoms with Crippen molar-refractivity contribution in [3.05, 3.63) is 47.3 Å². The molecule has 1 aromatic heterocycles. The lowest BCUT2D eigenvalue weighted by atomic mass is 10.2. The quantitative estimate of drug-likeness (QED) is 0.597. The Hall–Kier alpha value is -1.66. The molecular weight excluding hydrogens is 230 g/mol. The molecule has 0 amide bonds. The number of thioether (sulfide) groups is 1. The number of benzene rings is 1. The van der Waals surface area contributed by atoms with Crippen LogP contribution in [0.1, 0.15) is 17.0 Å². The predicted octanol–water partition coefficient (Wildman–Crippen LogP) is 3.44. The summed E-state index contributed by atoms with van der Waals surface area (Å²) in [6.07, 6.45) is 0. The SMILES string of the molecule is Cc1nc(SCC#Cc2ccccc2)oc1C. The van der Waals surface area contributed by atoms with Crippen molar-refractivity contribution in [2.45, 2.75) is 19.1 Å². The monoisotopic (exact) mass is 243 g/mol. The van der Waals surface area contributed by atoms with Crippen molar-refractivity contribution in [3.63, 3.8) is 0 Å². The van der Waals surface area contributed by atoms with Gasteiger partial charge in [0, 0.05) is 5.56 Å². The average Bonchev–Trinajstić information content (AvgIpc) is 2.66. The molecule has 0 aliphatic rings.